The van der Waals surface area contributed by atoms with Crippen LogP contribution in [0.15, 0.2) is 0 Å². The third kappa shape index (κ3) is 8.24. The van der Waals surface area contributed by atoms with Gasteiger partial charge >= 0.3 is 17.9 Å². The molecular formula is C11H18O6. The van der Waals surface area contributed by atoms with Gasteiger partial charge in [0, 0.05) is 13.3 Å². The van der Waals surface area contributed by atoms with Crippen molar-refractivity contribution in [2.24, 2.45) is 0 Å². The van der Waals surface area contributed by atoms with Crippen LogP contribution in [0.4, 0.5) is 0 Å². The van der Waals surface area contributed by atoms with Gasteiger partial charge in [0.1, 0.15) is 0 Å². The summed E-state index contributed by atoms with van der Waals surface area (Å²) in [5.74, 6) is -1.84. The van der Waals surface area contributed by atoms with Crippen LogP contribution in [0.1, 0.15) is 35.0 Å². The number of hydrogen-bond acceptors (Lipinski definition) is 6. The zero-order chi connectivity index (χ0) is 14.1. The molecule has 0 aliphatic heterocycles. The number of ether oxygens (including phenoxy) is 3. The molecule has 0 unspecified atom stereocenters. The number of carbonyl (C=O) groups is 3. The minimum absolute atomic E-state index is 0.0218. The Kier molecular flexibility index (Phi) is 6.78. The monoisotopic (exact) mass is 247 g/mol. The van der Waals surface area contributed by atoms with E-state index in [2.05, 4.69) is 9.47 Å². The molecule has 6 heteroatoms. The van der Waals surface area contributed by atoms with Crippen LogP contribution in [0, 0.1) is 0 Å². The molecule has 0 aromatic heterocycles. The third-order valence-electron chi connectivity index (χ3n) is 1.64. The normalized spacial score (nSPS) is 14.2. The van der Waals surface area contributed by atoms with E-state index >= 15 is 0 Å². The van der Waals surface area contributed by atoms with Gasteiger partial charge in [0.25, 0.3) is 0 Å². The average molecular weight is 247 g/mol. The van der Waals surface area contributed by atoms with Crippen molar-refractivity contribution < 1.29 is 30.0 Å². The molecule has 0 heterocycles. The molecular weight excluding hydrogens is 228 g/mol. The highest BCUT2D eigenvalue weighted by Crippen LogP contribution is 2.00. The van der Waals surface area contributed by atoms with Gasteiger partial charge in [-0.2, -0.15) is 0 Å². The van der Waals surface area contributed by atoms with Gasteiger partial charge in [-0.15, -0.1) is 0 Å². The molecule has 0 bridgehead atoms. The lowest BCUT2D eigenvalue weighted by atomic mass is 10.3. The molecule has 0 aliphatic rings. The first-order valence-electron chi connectivity index (χ1n) is 5.90. The van der Waals surface area contributed by atoms with Crippen molar-refractivity contribution in [3.63, 3.8) is 0 Å². The first-order valence-corrected chi connectivity index (χ1v) is 5.32. The SMILES string of the molecule is [2H][C@@H](CCC(=O)O[C@@H](C)C(=O)OCC)OC(C)=O. The van der Waals surface area contributed by atoms with Gasteiger partial charge in [0.15, 0.2) is 6.10 Å². The van der Waals surface area contributed by atoms with Gasteiger partial charge in [0.05, 0.1) is 14.6 Å². The van der Waals surface area contributed by atoms with Crippen molar-refractivity contribution in [1.29, 1.82) is 0 Å². The summed E-state index contributed by atoms with van der Waals surface area (Å²) in [7, 11) is 0. The van der Waals surface area contributed by atoms with Gasteiger partial charge in [0.2, 0.25) is 0 Å². The van der Waals surface area contributed by atoms with Gasteiger partial charge in [-0.1, -0.05) is 0 Å². The molecule has 98 valence electrons. The predicted molar refractivity (Wildman–Crippen MR) is 58.1 cm³/mol. The lowest BCUT2D eigenvalue weighted by molar-refractivity contribution is -0.166. The first kappa shape index (κ1) is 13.5. The molecule has 0 N–H and O–H groups in total. The highest BCUT2D eigenvalue weighted by Gasteiger charge is 2.18. The summed E-state index contributed by atoms with van der Waals surface area (Å²) < 4.78 is 21.2. The maximum atomic E-state index is 11.3. The summed E-state index contributed by atoms with van der Waals surface area (Å²) in [5.41, 5.74) is 0. The minimum atomic E-state index is -1.10. The fraction of sp³-hybridized carbons (Fsp3) is 0.727. The quantitative estimate of drug-likeness (QED) is 0.489. The van der Waals surface area contributed by atoms with E-state index in [1.807, 2.05) is 0 Å². The van der Waals surface area contributed by atoms with E-state index in [0.717, 1.165) is 0 Å². The summed E-state index contributed by atoms with van der Waals surface area (Å²) >= 11 is 0. The Bertz CT molecular complexity index is 304. The maximum absolute atomic E-state index is 11.3. The van der Waals surface area contributed by atoms with Crippen molar-refractivity contribution in [3.05, 3.63) is 0 Å². The Morgan fingerprint density at radius 2 is 1.94 bits per heavy atom. The van der Waals surface area contributed by atoms with Crippen molar-refractivity contribution in [2.45, 2.75) is 39.7 Å². The second-order valence-electron chi connectivity index (χ2n) is 3.20. The lowest BCUT2D eigenvalue weighted by Crippen LogP contribution is -2.26. The van der Waals surface area contributed by atoms with E-state index in [1.54, 1.807) is 6.92 Å². The van der Waals surface area contributed by atoms with Crippen LogP contribution in [0.25, 0.3) is 0 Å². The summed E-state index contributed by atoms with van der Waals surface area (Å²) in [4.78, 5) is 33.0. The average Bonchev–Trinajstić information content (AvgIpc) is 2.25. The highest BCUT2D eigenvalue weighted by atomic mass is 16.6. The molecule has 0 radical (unpaired) electrons. The maximum Gasteiger partial charge on any atom is 0.347 e. The smallest absolute Gasteiger partial charge is 0.347 e. The van der Waals surface area contributed by atoms with Gasteiger partial charge in [-0.25, -0.2) is 4.79 Å². The molecule has 6 nitrogen and oxygen atoms in total. The summed E-state index contributed by atoms with van der Waals surface area (Å²) in [6.07, 6.45) is -1.06. The van der Waals surface area contributed by atoms with Crippen LogP contribution >= 0.6 is 0 Å². The summed E-state index contributed by atoms with van der Waals surface area (Å²) in [6.45, 7) is 3.34. The van der Waals surface area contributed by atoms with Gasteiger partial charge < -0.3 is 14.2 Å². The Balaban J connectivity index is 3.90. The van der Waals surface area contributed by atoms with Crippen LogP contribution in [-0.4, -0.2) is 37.2 Å². The Morgan fingerprint density at radius 1 is 1.29 bits per heavy atom. The Hall–Kier alpha value is -1.59. The number of rotatable bonds is 7. The summed E-state index contributed by atoms with van der Waals surface area (Å²) in [6, 6.07) is 0. The number of carbonyl (C=O) groups excluding carboxylic acids is 3. The fourth-order valence-corrected chi connectivity index (χ4v) is 0.917. The molecule has 0 aliphatic carbocycles. The van der Waals surface area contributed by atoms with Crippen LogP contribution in [0.2, 0.25) is 0 Å². The molecule has 0 amide bonds. The highest BCUT2D eigenvalue weighted by molar-refractivity contribution is 5.78. The van der Waals surface area contributed by atoms with E-state index in [-0.39, 0.29) is 19.4 Å². The molecule has 0 saturated carbocycles. The first-order chi connectivity index (χ1) is 8.36. The zero-order valence-electron chi connectivity index (χ0n) is 11.2. The van der Waals surface area contributed by atoms with E-state index < -0.39 is 30.6 Å². The van der Waals surface area contributed by atoms with Crippen LogP contribution in [0.3, 0.4) is 0 Å². The second-order valence-corrected chi connectivity index (χ2v) is 3.20. The van der Waals surface area contributed by atoms with Crippen LogP contribution in [0.5, 0.6) is 0 Å². The number of esters is 3. The molecule has 0 rings (SSSR count). The van der Waals surface area contributed by atoms with Crippen molar-refractivity contribution >= 4 is 17.9 Å². The van der Waals surface area contributed by atoms with Crippen molar-refractivity contribution in [1.82, 2.24) is 0 Å². The minimum Gasteiger partial charge on any atom is -0.466 e. The standard InChI is InChI=1S/C11H18O6/c1-4-15-11(14)8(2)17-10(13)6-5-7-16-9(3)12/h8H,4-7H2,1-3H3/t8-/m0/s1/i7D/t7-,8-. The zero-order valence-corrected chi connectivity index (χ0v) is 10.2. The van der Waals surface area contributed by atoms with E-state index in [4.69, 9.17) is 6.11 Å². The van der Waals surface area contributed by atoms with Crippen molar-refractivity contribution in [3.8, 4) is 0 Å². The largest absolute Gasteiger partial charge is 0.466 e. The van der Waals surface area contributed by atoms with Gasteiger partial charge in [-0.05, 0) is 20.3 Å². The molecule has 0 aromatic rings. The van der Waals surface area contributed by atoms with E-state index in [9.17, 15) is 14.4 Å². The van der Waals surface area contributed by atoms with Crippen molar-refractivity contribution in [2.75, 3.05) is 13.2 Å². The van der Waals surface area contributed by atoms with Crippen LogP contribution in [-0.2, 0) is 28.6 Å². The fourth-order valence-electron chi connectivity index (χ4n) is 0.917. The predicted octanol–water partition coefficient (Wildman–Crippen LogP) is 0.824. The Labute approximate surface area is 102 Å². The third-order valence-corrected chi connectivity index (χ3v) is 1.64. The molecule has 0 saturated heterocycles. The van der Waals surface area contributed by atoms with E-state index in [0.29, 0.717) is 0 Å². The topological polar surface area (TPSA) is 78.9 Å². The van der Waals surface area contributed by atoms with E-state index in [1.165, 1.54) is 13.8 Å². The van der Waals surface area contributed by atoms with Crippen LogP contribution < -0.4 is 0 Å². The molecule has 0 aromatic carbocycles. The molecule has 0 spiro atoms. The molecule has 2 atom stereocenters. The molecule has 17 heavy (non-hydrogen) atoms. The number of hydrogen-bond donors (Lipinski definition) is 0. The lowest BCUT2D eigenvalue weighted by Gasteiger charge is -2.11. The second kappa shape index (κ2) is 8.55. The van der Waals surface area contributed by atoms with Gasteiger partial charge in [-0.3, -0.25) is 9.59 Å². The Morgan fingerprint density at radius 3 is 2.47 bits per heavy atom. The molecule has 0 fully saturated rings. The summed E-state index contributed by atoms with van der Waals surface area (Å²) in [5, 5.41) is 0.